The van der Waals surface area contributed by atoms with Gasteiger partial charge in [-0.05, 0) is 36.4 Å². The van der Waals surface area contributed by atoms with Crippen molar-refractivity contribution in [2.24, 2.45) is 0 Å². The van der Waals surface area contributed by atoms with E-state index in [0.29, 0.717) is 15.7 Å². The maximum Gasteiger partial charge on any atom is 0.244 e. The van der Waals surface area contributed by atoms with Gasteiger partial charge in [-0.25, -0.2) is 4.39 Å². The van der Waals surface area contributed by atoms with Crippen molar-refractivity contribution in [3.63, 3.8) is 0 Å². The van der Waals surface area contributed by atoms with Crippen LogP contribution in [0.25, 0.3) is 10.9 Å². The molecule has 1 aromatic heterocycles. The molecule has 0 aliphatic heterocycles. The Morgan fingerprint density at radius 3 is 2.82 bits per heavy atom. The van der Waals surface area contributed by atoms with E-state index in [9.17, 15) is 9.18 Å². The Morgan fingerprint density at radius 2 is 2.00 bits per heavy atom. The van der Waals surface area contributed by atoms with Crippen molar-refractivity contribution in [2.45, 2.75) is 6.54 Å². The van der Waals surface area contributed by atoms with Crippen LogP contribution in [0.2, 0.25) is 10.0 Å². The third-order valence-corrected chi connectivity index (χ3v) is 4.09. The van der Waals surface area contributed by atoms with Gasteiger partial charge in [0.2, 0.25) is 5.91 Å². The van der Waals surface area contributed by atoms with Crippen molar-refractivity contribution in [1.29, 1.82) is 0 Å². The SMILES string of the molecule is O=C(Cn1ccc2cc(F)ccc21)Nc1cccc(Cl)c1Cl. The normalized spacial score (nSPS) is 10.9. The molecule has 112 valence electrons. The van der Waals surface area contributed by atoms with Crippen LogP contribution < -0.4 is 5.32 Å². The number of aromatic nitrogens is 1. The monoisotopic (exact) mass is 336 g/mol. The topological polar surface area (TPSA) is 34.0 Å². The quantitative estimate of drug-likeness (QED) is 0.737. The molecular weight excluding hydrogens is 326 g/mol. The van der Waals surface area contributed by atoms with Crippen LogP contribution in [-0.4, -0.2) is 10.5 Å². The average Bonchev–Trinajstić information content (AvgIpc) is 2.86. The molecule has 0 saturated heterocycles. The molecule has 1 heterocycles. The van der Waals surface area contributed by atoms with E-state index < -0.39 is 0 Å². The van der Waals surface area contributed by atoms with Crippen molar-refractivity contribution in [1.82, 2.24) is 4.57 Å². The highest BCUT2D eigenvalue weighted by molar-refractivity contribution is 6.43. The molecule has 0 aliphatic carbocycles. The summed E-state index contributed by atoms with van der Waals surface area (Å²) in [4.78, 5) is 12.1. The average molecular weight is 337 g/mol. The Morgan fingerprint density at radius 1 is 1.18 bits per heavy atom. The number of anilines is 1. The number of fused-ring (bicyclic) bond motifs is 1. The predicted molar refractivity (Wildman–Crippen MR) is 87.0 cm³/mol. The maximum atomic E-state index is 13.2. The summed E-state index contributed by atoms with van der Waals surface area (Å²) in [7, 11) is 0. The Bertz CT molecular complexity index is 860. The Balaban J connectivity index is 1.80. The summed E-state index contributed by atoms with van der Waals surface area (Å²) in [5.41, 5.74) is 1.25. The van der Waals surface area contributed by atoms with Crippen molar-refractivity contribution in [3.8, 4) is 0 Å². The molecule has 3 aromatic rings. The summed E-state index contributed by atoms with van der Waals surface area (Å²) in [5.74, 6) is -0.550. The van der Waals surface area contributed by atoms with Gasteiger partial charge < -0.3 is 9.88 Å². The summed E-state index contributed by atoms with van der Waals surface area (Å²) in [5, 5.41) is 4.14. The zero-order chi connectivity index (χ0) is 15.7. The van der Waals surface area contributed by atoms with E-state index in [0.717, 1.165) is 10.9 Å². The molecular formula is C16H11Cl2FN2O. The van der Waals surface area contributed by atoms with Gasteiger partial charge in [0.25, 0.3) is 0 Å². The second kappa shape index (κ2) is 5.99. The minimum atomic E-state index is -0.305. The lowest BCUT2D eigenvalue weighted by atomic mass is 10.2. The first kappa shape index (κ1) is 14.9. The number of rotatable bonds is 3. The van der Waals surface area contributed by atoms with Gasteiger partial charge in [-0.2, -0.15) is 0 Å². The van der Waals surface area contributed by atoms with Crippen molar-refractivity contribution in [3.05, 3.63) is 64.5 Å². The van der Waals surface area contributed by atoms with E-state index in [2.05, 4.69) is 5.32 Å². The second-order valence-electron chi connectivity index (χ2n) is 4.80. The van der Waals surface area contributed by atoms with E-state index in [1.54, 1.807) is 41.1 Å². The summed E-state index contributed by atoms with van der Waals surface area (Å²) >= 11 is 11.9. The maximum absolute atomic E-state index is 13.2. The van der Waals surface area contributed by atoms with Gasteiger partial charge in [-0.1, -0.05) is 29.3 Å². The lowest BCUT2D eigenvalue weighted by Gasteiger charge is -2.09. The van der Waals surface area contributed by atoms with E-state index in [1.165, 1.54) is 12.1 Å². The number of amides is 1. The number of benzene rings is 2. The van der Waals surface area contributed by atoms with Crippen LogP contribution in [0, 0.1) is 5.82 Å². The van der Waals surface area contributed by atoms with Gasteiger partial charge in [-0.3, -0.25) is 4.79 Å². The number of carbonyl (C=O) groups excluding carboxylic acids is 1. The van der Waals surface area contributed by atoms with Crippen LogP contribution >= 0.6 is 23.2 Å². The molecule has 0 spiro atoms. The fraction of sp³-hybridized carbons (Fsp3) is 0.0625. The third kappa shape index (κ3) is 2.93. The molecule has 0 saturated carbocycles. The van der Waals surface area contributed by atoms with Crippen LogP contribution in [0.1, 0.15) is 0 Å². The number of nitrogens with one attached hydrogen (secondary N) is 1. The highest BCUT2D eigenvalue weighted by Gasteiger charge is 2.10. The number of carbonyl (C=O) groups is 1. The van der Waals surface area contributed by atoms with E-state index in [-0.39, 0.29) is 18.3 Å². The predicted octanol–water partition coefficient (Wildman–Crippen LogP) is 4.73. The van der Waals surface area contributed by atoms with Gasteiger partial charge >= 0.3 is 0 Å². The first-order chi connectivity index (χ1) is 10.5. The summed E-state index contributed by atoms with van der Waals surface area (Å²) in [6.45, 7) is 0.0952. The molecule has 2 aromatic carbocycles. The summed E-state index contributed by atoms with van der Waals surface area (Å²) < 4.78 is 14.9. The molecule has 0 bridgehead atoms. The lowest BCUT2D eigenvalue weighted by Crippen LogP contribution is -2.18. The zero-order valence-electron chi connectivity index (χ0n) is 11.3. The largest absolute Gasteiger partial charge is 0.338 e. The zero-order valence-corrected chi connectivity index (χ0v) is 12.8. The van der Waals surface area contributed by atoms with Gasteiger partial charge in [-0.15, -0.1) is 0 Å². The minimum Gasteiger partial charge on any atom is -0.338 e. The molecule has 22 heavy (non-hydrogen) atoms. The van der Waals surface area contributed by atoms with Crippen LogP contribution in [0.15, 0.2) is 48.7 Å². The second-order valence-corrected chi connectivity index (χ2v) is 5.58. The highest BCUT2D eigenvalue weighted by Crippen LogP contribution is 2.29. The molecule has 1 amide bonds. The molecule has 3 nitrogen and oxygen atoms in total. The van der Waals surface area contributed by atoms with Gasteiger partial charge in [0.05, 0.1) is 15.7 Å². The molecule has 0 unspecified atom stereocenters. The van der Waals surface area contributed by atoms with E-state index >= 15 is 0 Å². The molecule has 3 rings (SSSR count). The Hall–Kier alpha value is -2.04. The first-order valence-electron chi connectivity index (χ1n) is 6.53. The Labute approximate surface area is 136 Å². The minimum absolute atomic E-state index is 0.0952. The van der Waals surface area contributed by atoms with Gasteiger partial charge in [0.1, 0.15) is 12.4 Å². The van der Waals surface area contributed by atoms with Gasteiger partial charge in [0.15, 0.2) is 0 Å². The van der Waals surface area contributed by atoms with Crippen LogP contribution in [0.3, 0.4) is 0 Å². The van der Waals surface area contributed by atoms with Crippen LogP contribution in [0.4, 0.5) is 10.1 Å². The van der Waals surface area contributed by atoms with Crippen molar-refractivity contribution >= 4 is 45.7 Å². The molecule has 0 radical (unpaired) electrons. The smallest absolute Gasteiger partial charge is 0.244 e. The van der Waals surface area contributed by atoms with Gasteiger partial charge in [0, 0.05) is 17.1 Å². The number of hydrogen-bond donors (Lipinski definition) is 1. The number of hydrogen-bond acceptors (Lipinski definition) is 1. The van der Waals surface area contributed by atoms with Crippen LogP contribution in [0.5, 0.6) is 0 Å². The standard InChI is InChI=1S/C16H11Cl2FN2O/c17-12-2-1-3-13(16(12)18)20-15(22)9-21-7-6-10-8-11(19)4-5-14(10)21/h1-8H,9H2,(H,20,22). The number of halogens is 3. The molecule has 6 heteroatoms. The van der Waals surface area contributed by atoms with Crippen LogP contribution in [-0.2, 0) is 11.3 Å². The third-order valence-electron chi connectivity index (χ3n) is 3.27. The fourth-order valence-electron chi connectivity index (χ4n) is 2.25. The fourth-order valence-corrected chi connectivity index (χ4v) is 2.60. The molecule has 0 fully saturated rings. The summed E-state index contributed by atoms with van der Waals surface area (Å²) in [6.07, 6.45) is 1.74. The van der Waals surface area contributed by atoms with E-state index in [4.69, 9.17) is 23.2 Å². The highest BCUT2D eigenvalue weighted by atomic mass is 35.5. The Kier molecular flexibility index (Phi) is 4.05. The number of nitrogens with zero attached hydrogens (tertiary/aromatic N) is 1. The first-order valence-corrected chi connectivity index (χ1v) is 7.28. The van der Waals surface area contributed by atoms with Crippen molar-refractivity contribution < 1.29 is 9.18 Å². The van der Waals surface area contributed by atoms with Crippen molar-refractivity contribution in [2.75, 3.05) is 5.32 Å². The van der Waals surface area contributed by atoms with E-state index in [1.807, 2.05) is 0 Å². The summed E-state index contributed by atoms with van der Waals surface area (Å²) in [6, 6.07) is 11.2. The molecule has 0 aliphatic rings. The molecule has 0 atom stereocenters. The molecule has 1 N–H and O–H groups in total. The lowest BCUT2D eigenvalue weighted by molar-refractivity contribution is -0.116.